The molecule has 0 bridgehead atoms. The number of rotatable bonds is 6. The highest BCUT2D eigenvalue weighted by molar-refractivity contribution is 4.98. The van der Waals surface area contributed by atoms with Gasteiger partial charge in [-0.05, 0) is 43.9 Å². The first kappa shape index (κ1) is 14.7. The van der Waals surface area contributed by atoms with Crippen LogP contribution in [0.4, 0.5) is 0 Å². The summed E-state index contributed by atoms with van der Waals surface area (Å²) in [5.41, 5.74) is 1.45. The van der Waals surface area contributed by atoms with E-state index >= 15 is 0 Å². The molecule has 0 aliphatic rings. The van der Waals surface area contributed by atoms with Crippen molar-refractivity contribution in [3.8, 4) is 0 Å². The van der Waals surface area contributed by atoms with Gasteiger partial charge in [0.1, 0.15) is 0 Å². The first-order valence-corrected chi connectivity index (χ1v) is 6.53. The first-order valence-electron chi connectivity index (χ1n) is 6.53. The molecule has 15 heavy (non-hydrogen) atoms. The van der Waals surface area contributed by atoms with E-state index < -0.39 is 0 Å². The highest BCUT2D eigenvalue weighted by Crippen LogP contribution is 2.30. The normalized spacial score (nSPS) is 17.3. The molecule has 3 unspecified atom stereocenters. The van der Waals surface area contributed by atoms with Crippen molar-refractivity contribution in [3.05, 3.63) is 11.6 Å². The molecule has 0 saturated heterocycles. The van der Waals surface area contributed by atoms with E-state index in [0.717, 1.165) is 23.7 Å². The second-order valence-electron chi connectivity index (χ2n) is 5.76. The zero-order valence-electron chi connectivity index (χ0n) is 11.8. The lowest BCUT2D eigenvalue weighted by Crippen LogP contribution is -2.19. The van der Waals surface area contributed by atoms with Crippen LogP contribution in [0.3, 0.4) is 0 Å². The third kappa shape index (κ3) is 6.02. The highest BCUT2D eigenvalue weighted by Gasteiger charge is 2.20. The number of allylic oxidation sites excluding steroid dienone is 2. The zero-order chi connectivity index (χ0) is 12.0. The lowest BCUT2D eigenvalue weighted by molar-refractivity contribution is 0.247. The van der Waals surface area contributed by atoms with Gasteiger partial charge in [0.05, 0.1) is 0 Å². The van der Waals surface area contributed by atoms with Crippen LogP contribution in [0.1, 0.15) is 61.3 Å². The van der Waals surface area contributed by atoms with Gasteiger partial charge in [0.25, 0.3) is 0 Å². The Morgan fingerprint density at radius 1 is 1.07 bits per heavy atom. The van der Waals surface area contributed by atoms with Crippen LogP contribution >= 0.6 is 0 Å². The molecule has 0 aromatic heterocycles. The van der Waals surface area contributed by atoms with Crippen molar-refractivity contribution in [1.29, 1.82) is 0 Å². The van der Waals surface area contributed by atoms with Gasteiger partial charge in [0.2, 0.25) is 0 Å². The Morgan fingerprint density at radius 2 is 1.60 bits per heavy atom. The quantitative estimate of drug-likeness (QED) is 0.522. The van der Waals surface area contributed by atoms with E-state index in [1.165, 1.54) is 18.4 Å². The highest BCUT2D eigenvalue weighted by atomic mass is 14.3. The molecule has 0 spiro atoms. The average Bonchev–Trinajstić information content (AvgIpc) is 2.11. The van der Waals surface area contributed by atoms with Crippen LogP contribution in [0.5, 0.6) is 0 Å². The fraction of sp³-hybridized carbons (Fsp3) is 0.867. The molecule has 0 heteroatoms. The van der Waals surface area contributed by atoms with Crippen LogP contribution in [-0.2, 0) is 0 Å². The molecule has 3 atom stereocenters. The van der Waals surface area contributed by atoms with E-state index in [1.807, 2.05) is 0 Å². The summed E-state index contributed by atoms with van der Waals surface area (Å²) in [6.07, 6.45) is 5.12. The molecular weight excluding hydrogens is 180 g/mol. The summed E-state index contributed by atoms with van der Waals surface area (Å²) >= 11 is 0. The van der Waals surface area contributed by atoms with Gasteiger partial charge in [-0.1, -0.05) is 52.7 Å². The SMILES string of the molecule is CCC(CC(C)C)C(C)C(C)C=C(C)C. The van der Waals surface area contributed by atoms with Crippen molar-refractivity contribution < 1.29 is 0 Å². The molecule has 0 nitrogen and oxygen atoms in total. The predicted octanol–water partition coefficient (Wildman–Crippen LogP) is 5.30. The van der Waals surface area contributed by atoms with Gasteiger partial charge >= 0.3 is 0 Å². The van der Waals surface area contributed by atoms with E-state index in [4.69, 9.17) is 0 Å². The van der Waals surface area contributed by atoms with Gasteiger partial charge in [0, 0.05) is 0 Å². The Bertz CT molecular complexity index is 184. The minimum atomic E-state index is 0.721. The van der Waals surface area contributed by atoms with Crippen LogP contribution < -0.4 is 0 Å². The van der Waals surface area contributed by atoms with E-state index in [9.17, 15) is 0 Å². The molecule has 0 fully saturated rings. The third-order valence-electron chi connectivity index (χ3n) is 3.47. The maximum atomic E-state index is 2.42. The van der Waals surface area contributed by atoms with E-state index in [1.54, 1.807) is 0 Å². The lowest BCUT2D eigenvalue weighted by atomic mass is 9.78. The molecule has 90 valence electrons. The van der Waals surface area contributed by atoms with Crippen LogP contribution in [0.2, 0.25) is 0 Å². The molecule has 0 radical (unpaired) electrons. The van der Waals surface area contributed by atoms with Crippen LogP contribution in [0.25, 0.3) is 0 Å². The Hall–Kier alpha value is -0.260. The predicted molar refractivity (Wildman–Crippen MR) is 71.0 cm³/mol. The largest absolute Gasteiger partial charge is 0.0828 e. The van der Waals surface area contributed by atoms with Crippen LogP contribution in [0, 0.1) is 23.7 Å². The maximum absolute atomic E-state index is 2.42. The smallest absolute Gasteiger partial charge is 0.0231 e. The van der Waals surface area contributed by atoms with Crippen molar-refractivity contribution in [2.45, 2.75) is 61.3 Å². The summed E-state index contributed by atoms with van der Waals surface area (Å²) in [7, 11) is 0. The number of hydrogen-bond acceptors (Lipinski definition) is 0. The van der Waals surface area contributed by atoms with Crippen molar-refractivity contribution >= 4 is 0 Å². The summed E-state index contributed by atoms with van der Waals surface area (Å²) in [5.74, 6) is 3.25. The molecule has 0 aliphatic heterocycles. The third-order valence-corrected chi connectivity index (χ3v) is 3.47. The minimum Gasteiger partial charge on any atom is -0.0828 e. The van der Waals surface area contributed by atoms with Crippen molar-refractivity contribution in [3.63, 3.8) is 0 Å². The second-order valence-corrected chi connectivity index (χ2v) is 5.76. The fourth-order valence-electron chi connectivity index (χ4n) is 2.47. The van der Waals surface area contributed by atoms with E-state index in [0.29, 0.717) is 0 Å². The van der Waals surface area contributed by atoms with Crippen molar-refractivity contribution in [2.24, 2.45) is 23.7 Å². The zero-order valence-corrected chi connectivity index (χ0v) is 11.8. The Labute approximate surface area is 97.2 Å². The van der Waals surface area contributed by atoms with Gasteiger partial charge in [-0.2, -0.15) is 0 Å². The first-order chi connectivity index (χ1) is 6.88. The second kappa shape index (κ2) is 7.09. The topological polar surface area (TPSA) is 0 Å². The standard InChI is InChI=1S/C15H30/c1-8-15(10-12(4)5)14(7)13(6)9-11(2)3/h9,12-15H,8,10H2,1-7H3. The molecule has 0 saturated carbocycles. The summed E-state index contributed by atoms with van der Waals surface area (Å²) in [4.78, 5) is 0. The van der Waals surface area contributed by atoms with Crippen LogP contribution in [0.15, 0.2) is 11.6 Å². The van der Waals surface area contributed by atoms with Gasteiger partial charge in [-0.3, -0.25) is 0 Å². The van der Waals surface area contributed by atoms with Gasteiger partial charge in [-0.15, -0.1) is 0 Å². The van der Waals surface area contributed by atoms with Gasteiger partial charge in [0.15, 0.2) is 0 Å². The maximum Gasteiger partial charge on any atom is -0.0231 e. The molecular formula is C15H30. The van der Waals surface area contributed by atoms with Gasteiger partial charge in [-0.25, -0.2) is 0 Å². The number of hydrogen-bond donors (Lipinski definition) is 0. The molecule has 0 N–H and O–H groups in total. The fourth-order valence-corrected chi connectivity index (χ4v) is 2.47. The molecule has 0 aromatic rings. The van der Waals surface area contributed by atoms with Crippen molar-refractivity contribution in [2.75, 3.05) is 0 Å². The summed E-state index contributed by atoms with van der Waals surface area (Å²) in [5, 5.41) is 0. The summed E-state index contributed by atoms with van der Waals surface area (Å²) < 4.78 is 0. The molecule has 0 heterocycles. The average molecular weight is 210 g/mol. The molecule has 0 rings (SSSR count). The lowest BCUT2D eigenvalue weighted by Gasteiger charge is -2.28. The monoisotopic (exact) mass is 210 g/mol. The molecule has 0 amide bonds. The van der Waals surface area contributed by atoms with E-state index in [-0.39, 0.29) is 0 Å². The Kier molecular flexibility index (Phi) is 6.96. The molecule has 0 aliphatic carbocycles. The Balaban J connectivity index is 4.36. The van der Waals surface area contributed by atoms with Gasteiger partial charge < -0.3 is 0 Å². The van der Waals surface area contributed by atoms with Crippen LogP contribution in [-0.4, -0.2) is 0 Å². The van der Waals surface area contributed by atoms with E-state index in [2.05, 4.69) is 54.5 Å². The summed E-state index contributed by atoms with van der Waals surface area (Å²) in [6.45, 7) is 16.2. The van der Waals surface area contributed by atoms with Crippen molar-refractivity contribution in [1.82, 2.24) is 0 Å². The summed E-state index contributed by atoms with van der Waals surface area (Å²) in [6, 6.07) is 0. The Morgan fingerprint density at radius 3 is 1.93 bits per heavy atom. The molecule has 0 aromatic carbocycles. The minimum absolute atomic E-state index is 0.721.